The van der Waals surface area contributed by atoms with Gasteiger partial charge in [-0.05, 0) is 45.4 Å². The van der Waals surface area contributed by atoms with Crippen LogP contribution in [0.4, 0.5) is 5.69 Å². The van der Waals surface area contributed by atoms with Crippen LogP contribution in [0.1, 0.15) is 26.7 Å². The fraction of sp³-hybridized carbons (Fsp3) is 0.647. The first-order valence-electron chi connectivity index (χ1n) is 7.97. The van der Waals surface area contributed by atoms with Crippen molar-refractivity contribution in [3.63, 3.8) is 0 Å². The summed E-state index contributed by atoms with van der Waals surface area (Å²) in [6.07, 6.45) is 2.13. The maximum atomic E-state index is 10.0. The van der Waals surface area contributed by atoms with Crippen LogP contribution >= 0.6 is 0 Å². The van der Waals surface area contributed by atoms with Crippen LogP contribution in [0.3, 0.4) is 0 Å². The molecule has 2 rings (SSSR count). The van der Waals surface area contributed by atoms with E-state index in [2.05, 4.69) is 34.5 Å². The lowest BCUT2D eigenvalue weighted by Gasteiger charge is -2.34. The summed E-state index contributed by atoms with van der Waals surface area (Å²) >= 11 is 0. The Kier molecular flexibility index (Phi) is 6.49. The molecular formula is C17H28N2O2. The molecule has 1 aliphatic rings. The number of aliphatic hydroxyl groups excluding tert-OH is 1. The molecule has 0 aliphatic carbocycles. The highest BCUT2D eigenvalue weighted by Gasteiger charge is 2.21. The zero-order chi connectivity index (χ0) is 15.1. The number of nitrogens with zero attached hydrogens (tertiary/aromatic N) is 1. The minimum Gasteiger partial charge on any atom is -0.389 e. The molecule has 1 aromatic rings. The smallest absolute Gasteiger partial charge is 0.0900 e. The zero-order valence-electron chi connectivity index (χ0n) is 13.2. The molecule has 0 aromatic heterocycles. The van der Waals surface area contributed by atoms with Gasteiger partial charge in [0.1, 0.15) is 0 Å². The molecule has 0 saturated carbocycles. The summed E-state index contributed by atoms with van der Waals surface area (Å²) in [5.41, 5.74) is 1.17. The van der Waals surface area contributed by atoms with Gasteiger partial charge < -0.3 is 15.2 Å². The number of aliphatic hydroxyl groups is 1. The molecule has 2 unspecified atom stereocenters. The molecule has 1 aliphatic heterocycles. The van der Waals surface area contributed by atoms with Gasteiger partial charge in [-0.2, -0.15) is 0 Å². The van der Waals surface area contributed by atoms with Crippen LogP contribution in [-0.2, 0) is 4.74 Å². The summed E-state index contributed by atoms with van der Waals surface area (Å²) in [7, 11) is 0. The number of hydrogen-bond donors (Lipinski definition) is 2. The van der Waals surface area contributed by atoms with Gasteiger partial charge in [-0.25, -0.2) is 0 Å². The van der Waals surface area contributed by atoms with Crippen molar-refractivity contribution >= 4 is 5.69 Å². The third-order valence-corrected chi connectivity index (χ3v) is 3.74. The van der Waals surface area contributed by atoms with Crippen LogP contribution < -0.4 is 5.32 Å². The van der Waals surface area contributed by atoms with Gasteiger partial charge in [0, 0.05) is 24.8 Å². The van der Waals surface area contributed by atoms with Crippen molar-refractivity contribution in [1.82, 2.24) is 4.90 Å². The predicted octanol–water partition coefficient (Wildman–Crippen LogP) is 2.35. The second-order valence-corrected chi connectivity index (χ2v) is 6.15. The number of hydrogen-bond acceptors (Lipinski definition) is 4. The van der Waals surface area contributed by atoms with Crippen LogP contribution in [0.2, 0.25) is 0 Å². The number of para-hydroxylation sites is 1. The standard InChI is InChI=1S/C17H28N2O2/c1-14(2)21-13-17(20)12-19-10-6-9-16(11-19)18-15-7-4-3-5-8-15/h3-5,7-8,14,16-18,20H,6,9-13H2,1-2H3. The van der Waals surface area contributed by atoms with E-state index >= 15 is 0 Å². The molecule has 0 amide bonds. The van der Waals surface area contributed by atoms with Crippen molar-refractivity contribution in [2.75, 3.05) is 31.6 Å². The first kappa shape index (κ1) is 16.3. The van der Waals surface area contributed by atoms with E-state index in [1.54, 1.807) is 0 Å². The molecular weight excluding hydrogens is 264 g/mol. The van der Waals surface area contributed by atoms with Gasteiger partial charge in [-0.1, -0.05) is 18.2 Å². The first-order chi connectivity index (χ1) is 10.1. The molecule has 1 fully saturated rings. The van der Waals surface area contributed by atoms with Gasteiger partial charge >= 0.3 is 0 Å². The molecule has 21 heavy (non-hydrogen) atoms. The van der Waals surface area contributed by atoms with Crippen molar-refractivity contribution < 1.29 is 9.84 Å². The normalized spacial score (nSPS) is 21.4. The molecule has 1 heterocycles. The number of β-amino-alcohol motifs (C(OH)–C–C–N with tert-alkyl or cyclic N) is 1. The van der Waals surface area contributed by atoms with Crippen molar-refractivity contribution in [1.29, 1.82) is 0 Å². The van der Waals surface area contributed by atoms with Gasteiger partial charge in [0.15, 0.2) is 0 Å². The fourth-order valence-corrected chi connectivity index (χ4v) is 2.76. The number of anilines is 1. The molecule has 1 saturated heterocycles. The van der Waals surface area contributed by atoms with E-state index in [0.29, 0.717) is 19.2 Å². The number of benzene rings is 1. The van der Waals surface area contributed by atoms with Crippen LogP contribution in [0.25, 0.3) is 0 Å². The monoisotopic (exact) mass is 292 g/mol. The van der Waals surface area contributed by atoms with Crippen molar-refractivity contribution in [2.45, 2.75) is 44.9 Å². The molecule has 4 heteroatoms. The highest BCUT2D eigenvalue weighted by molar-refractivity contribution is 5.43. The summed E-state index contributed by atoms with van der Waals surface area (Å²) < 4.78 is 5.48. The molecule has 2 atom stereocenters. The third-order valence-electron chi connectivity index (χ3n) is 3.74. The Morgan fingerprint density at radius 1 is 1.33 bits per heavy atom. The van der Waals surface area contributed by atoms with Gasteiger partial charge in [-0.3, -0.25) is 4.90 Å². The summed E-state index contributed by atoms with van der Waals surface area (Å²) in [5, 5.41) is 13.6. The van der Waals surface area contributed by atoms with Crippen LogP contribution in [0.5, 0.6) is 0 Å². The van der Waals surface area contributed by atoms with Gasteiger partial charge in [0.25, 0.3) is 0 Å². The average Bonchev–Trinajstić information content (AvgIpc) is 2.46. The van der Waals surface area contributed by atoms with E-state index in [4.69, 9.17) is 4.74 Å². The Labute approximate surface area is 128 Å². The van der Waals surface area contributed by atoms with E-state index < -0.39 is 6.10 Å². The average molecular weight is 292 g/mol. The van der Waals surface area contributed by atoms with Crippen molar-refractivity contribution in [2.24, 2.45) is 0 Å². The molecule has 1 aromatic carbocycles. The van der Waals surface area contributed by atoms with Gasteiger partial charge in [0.05, 0.1) is 18.8 Å². The Bertz CT molecular complexity index is 397. The maximum absolute atomic E-state index is 10.0. The summed E-state index contributed by atoms with van der Waals surface area (Å²) in [6.45, 7) is 7.14. The Hall–Kier alpha value is -1.10. The highest BCUT2D eigenvalue weighted by Crippen LogP contribution is 2.16. The van der Waals surface area contributed by atoms with E-state index in [1.165, 1.54) is 18.5 Å². The van der Waals surface area contributed by atoms with E-state index in [-0.39, 0.29) is 6.10 Å². The Balaban J connectivity index is 1.75. The summed E-state index contributed by atoms with van der Waals surface area (Å²) in [4.78, 5) is 2.33. The minimum absolute atomic E-state index is 0.175. The predicted molar refractivity (Wildman–Crippen MR) is 86.6 cm³/mol. The van der Waals surface area contributed by atoms with Crippen LogP contribution in [0.15, 0.2) is 30.3 Å². The van der Waals surface area contributed by atoms with Gasteiger partial charge in [0.2, 0.25) is 0 Å². The summed E-state index contributed by atoms with van der Waals surface area (Å²) in [5.74, 6) is 0. The quantitative estimate of drug-likeness (QED) is 0.810. The largest absolute Gasteiger partial charge is 0.389 e. The molecule has 0 radical (unpaired) electrons. The first-order valence-corrected chi connectivity index (χ1v) is 7.97. The molecule has 118 valence electrons. The fourth-order valence-electron chi connectivity index (χ4n) is 2.76. The number of likely N-dealkylation sites (tertiary alicyclic amines) is 1. The Morgan fingerprint density at radius 2 is 2.10 bits per heavy atom. The number of piperidine rings is 1. The van der Waals surface area contributed by atoms with E-state index in [9.17, 15) is 5.11 Å². The number of ether oxygens (including phenoxy) is 1. The van der Waals surface area contributed by atoms with Crippen LogP contribution in [-0.4, -0.2) is 54.5 Å². The lowest BCUT2D eigenvalue weighted by atomic mass is 10.0. The molecule has 0 bridgehead atoms. The van der Waals surface area contributed by atoms with Crippen LogP contribution in [0, 0.1) is 0 Å². The highest BCUT2D eigenvalue weighted by atomic mass is 16.5. The Morgan fingerprint density at radius 3 is 2.81 bits per heavy atom. The number of nitrogens with one attached hydrogen (secondary N) is 1. The SMILES string of the molecule is CC(C)OCC(O)CN1CCCC(Nc2ccccc2)C1. The maximum Gasteiger partial charge on any atom is 0.0900 e. The lowest BCUT2D eigenvalue weighted by Crippen LogP contribution is -2.46. The van der Waals surface area contributed by atoms with Crippen molar-refractivity contribution in [3.8, 4) is 0 Å². The van der Waals surface area contributed by atoms with Gasteiger partial charge in [-0.15, -0.1) is 0 Å². The topological polar surface area (TPSA) is 44.7 Å². The van der Waals surface area contributed by atoms with Crippen molar-refractivity contribution in [3.05, 3.63) is 30.3 Å². The number of rotatable bonds is 7. The molecule has 4 nitrogen and oxygen atoms in total. The van der Waals surface area contributed by atoms with E-state index in [1.807, 2.05) is 19.9 Å². The summed E-state index contributed by atoms with van der Waals surface area (Å²) in [6, 6.07) is 10.8. The third kappa shape index (κ3) is 6.04. The molecule has 0 spiro atoms. The zero-order valence-corrected chi connectivity index (χ0v) is 13.2. The lowest BCUT2D eigenvalue weighted by molar-refractivity contribution is -0.0110. The van der Waals surface area contributed by atoms with E-state index in [0.717, 1.165) is 13.1 Å². The second kappa shape index (κ2) is 8.37. The second-order valence-electron chi connectivity index (χ2n) is 6.15. The minimum atomic E-state index is -0.400. The molecule has 2 N–H and O–H groups in total.